The van der Waals surface area contributed by atoms with Crippen LogP contribution in [0.1, 0.15) is 19.8 Å². The SMILES string of the molecule is CC1CCN(c2cnc(=O)[nH]c2)CC1. The van der Waals surface area contributed by atoms with Crippen LogP contribution >= 0.6 is 0 Å². The van der Waals surface area contributed by atoms with Crippen LogP contribution in [0.25, 0.3) is 0 Å². The molecule has 14 heavy (non-hydrogen) atoms. The van der Waals surface area contributed by atoms with Crippen LogP contribution in [-0.4, -0.2) is 23.1 Å². The van der Waals surface area contributed by atoms with Crippen LogP contribution in [-0.2, 0) is 0 Å². The van der Waals surface area contributed by atoms with Crippen LogP contribution in [0, 0.1) is 5.92 Å². The van der Waals surface area contributed by atoms with Crippen LogP contribution in [0.2, 0.25) is 0 Å². The van der Waals surface area contributed by atoms with Crippen molar-refractivity contribution < 1.29 is 0 Å². The molecule has 1 aromatic heterocycles. The molecule has 0 bridgehead atoms. The lowest BCUT2D eigenvalue weighted by atomic mass is 9.99. The number of H-pyrrole nitrogens is 1. The van der Waals surface area contributed by atoms with Gasteiger partial charge in [-0.05, 0) is 18.8 Å². The average Bonchev–Trinajstić information content (AvgIpc) is 2.21. The van der Waals surface area contributed by atoms with Crippen LogP contribution in [0.5, 0.6) is 0 Å². The molecule has 1 N–H and O–H groups in total. The van der Waals surface area contributed by atoms with Gasteiger partial charge in [0.15, 0.2) is 0 Å². The van der Waals surface area contributed by atoms with Gasteiger partial charge in [-0.15, -0.1) is 0 Å². The van der Waals surface area contributed by atoms with Crippen molar-refractivity contribution in [2.45, 2.75) is 19.8 Å². The number of nitrogens with one attached hydrogen (secondary N) is 1. The summed E-state index contributed by atoms with van der Waals surface area (Å²) in [6, 6.07) is 0. The minimum Gasteiger partial charge on any atom is -0.369 e. The summed E-state index contributed by atoms with van der Waals surface area (Å²) in [7, 11) is 0. The van der Waals surface area contributed by atoms with Gasteiger partial charge in [-0.2, -0.15) is 4.98 Å². The van der Waals surface area contributed by atoms with Gasteiger partial charge in [-0.25, -0.2) is 4.79 Å². The quantitative estimate of drug-likeness (QED) is 0.724. The predicted octanol–water partition coefficient (Wildman–Crippen LogP) is 1.01. The third-order valence-corrected chi connectivity index (χ3v) is 2.81. The summed E-state index contributed by atoms with van der Waals surface area (Å²) < 4.78 is 0. The third-order valence-electron chi connectivity index (χ3n) is 2.81. The van der Waals surface area contributed by atoms with E-state index in [4.69, 9.17) is 0 Å². The zero-order chi connectivity index (χ0) is 9.97. The van der Waals surface area contributed by atoms with Gasteiger partial charge in [0.2, 0.25) is 0 Å². The number of piperidine rings is 1. The van der Waals surface area contributed by atoms with E-state index in [0.29, 0.717) is 0 Å². The van der Waals surface area contributed by atoms with Gasteiger partial charge in [0, 0.05) is 19.3 Å². The molecule has 0 aliphatic carbocycles. The van der Waals surface area contributed by atoms with Crippen LogP contribution in [0.4, 0.5) is 5.69 Å². The summed E-state index contributed by atoms with van der Waals surface area (Å²) >= 11 is 0. The van der Waals surface area contributed by atoms with Crippen LogP contribution in [0.3, 0.4) is 0 Å². The second-order valence-corrected chi connectivity index (χ2v) is 3.95. The molecule has 2 rings (SSSR count). The minimum atomic E-state index is -0.279. The Hall–Kier alpha value is -1.32. The first kappa shape index (κ1) is 9.24. The monoisotopic (exact) mass is 193 g/mol. The van der Waals surface area contributed by atoms with E-state index in [1.165, 1.54) is 12.8 Å². The Morgan fingerprint density at radius 2 is 2.21 bits per heavy atom. The molecule has 1 fully saturated rings. The highest BCUT2D eigenvalue weighted by molar-refractivity contribution is 5.41. The van der Waals surface area contributed by atoms with E-state index in [1.807, 2.05) is 0 Å². The molecule has 1 aliphatic rings. The van der Waals surface area contributed by atoms with Crippen LogP contribution < -0.4 is 10.6 Å². The van der Waals surface area contributed by atoms with E-state index in [2.05, 4.69) is 21.8 Å². The smallest absolute Gasteiger partial charge is 0.345 e. The van der Waals surface area contributed by atoms with Crippen molar-refractivity contribution in [3.63, 3.8) is 0 Å². The number of nitrogens with zero attached hydrogens (tertiary/aromatic N) is 2. The van der Waals surface area contributed by atoms with Crippen molar-refractivity contribution >= 4 is 5.69 Å². The van der Waals surface area contributed by atoms with E-state index in [1.54, 1.807) is 12.4 Å². The highest BCUT2D eigenvalue weighted by Gasteiger charge is 2.15. The van der Waals surface area contributed by atoms with Gasteiger partial charge >= 0.3 is 5.69 Å². The molecule has 0 spiro atoms. The van der Waals surface area contributed by atoms with Gasteiger partial charge in [-0.3, -0.25) is 0 Å². The molecule has 0 saturated carbocycles. The van der Waals surface area contributed by atoms with Crippen LogP contribution in [0.15, 0.2) is 17.2 Å². The largest absolute Gasteiger partial charge is 0.369 e. The number of aromatic nitrogens is 2. The summed E-state index contributed by atoms with van der Waals surface area (Å²) in [5.74, 6) is 0.821. The lowest BCUT2D eigenvalue weighted by molar-refractivity contribution is 0.438. The van der Waals surface area contributed by atoms with E-state index < -0.39 is 0 Å². The van der Waals surface area contributed by atoms with Crippen molar-refractivity contribution in [2.24, 2.45) is 5.92 Å². The second-order valence-electron chi connectivity index (χ2n) is 3.95. The van der Waals surface area contributed by atoms with Gasteiger partial charge in [0.1, 0.15) is 0 Å². The summed E-state index contributed by atoms with van der Waals surface area (Å²) in [6.45, 7) is 4.41. The Kier molecular flexibility index (Phi) is 2.52. The highest BCUT2D eigenvalue weighted by Crippen LogP contribution is 2.20. The van der Waals surface area contributed by atoms with Crippen molar-refractivity contribution in [3.8, 4) is 0 Å². The molecular weight excluding hydrogens is 178 g/mol. The lowest BCUT2D eigenvalue weighted by Gasteiger charge is -2.31. The van der Waals surface area contributed by atoms with Gasteiger partial charge < -0.3 is 9.88 Å². The zero-order valence-electron chi connectivity index (χ0n) is 8.36. The Morgan fingerprint density at radius 1 is 1.50 bits per heavy atom. The van der Waals surface area contributed by atoms with Crippen molar-refractivity contribution in [1.82, 2.24) is 9.97 Å². The molecular formula is C10H15N3O. The first-order valence-electron chi connectivity index (χ1n) is 5.05. The van der Waals surface area contributed by atoms with Crippen molar-refractivity contribution in [3.05, 3.63) is 22.9 Å². The zero-order valence-corrected chi connectivity index (χ0v) is 8.36. The van der Waals surface area contributed by atoms with E-state index in [0.717, 1.165) is 24.7 Å². The topological polar surface area (TPSA) is 49.0 Å². The predicted molar refractivity (Wildman–Crippen MR) is 55.5 cm³/mol. The molecule has 0 aromatic carbocycles. The molecule has 0 radical (unpaired) electrons. The number of hydrogen-bond donors (Lipinski definition) is 1. The van der Waals surface area contributed by atoms with E-state index in [9.17, 15) is 4.79 Å². The number of anilines is 1. The molecule has 0 amide bonds. The number of hydrogen-bond acceptors (Lipinski definition) is 3. The molecule has 1 aromatic rings. The Bertz CT molecular complexity index is 332. The van der Waals surface area contributed by atoms with Gasteiger partial charge in [0.05, 0.1) is 11.9 Å². The summed E-state index contributed by atoms with van der Waals surface area (Å²) in [5.41, 5.74) is 0.746. The van der Waals surface area contributed by atoms with Gasteiger partial charge in [0.25, 0.3) is 0 Å². The first-order valence-corrected chi connectivity index (χ1v) is 5.05. The first-order chi connectivity index (χ1) is 6.75. The van der Waals surface area contributed by atoms with E-state index >= 15 is 0 Å². The lowest BCUT2D eigenvalue weighted by Crippen LogP contribution is -2.33. The fourth-order valence-corrected chi connectivity index (χ4v) is 1.77. The number of aromatic amines is 1. The minimum absolute atomic E-state index is 0.279. The average molecular weight is 193 g/mol. The molecule has 0 unspecified atom stereocenters. The third kappa shape index (κ3) is 1.95. The standard InChI is InChI=1S/C10H15N3O/c1-8-2-4-13(5-3-8)9-6-11-10(14)12-7-9/h6-8H,2-5H2,1H3,(H,11,12,14). The number of rotatable bonds is 1. The molecule has 76 valence electrons. The van der Waals surface area contributed by atoms with Crippen molar-refractivity contribution in [2.75, 3.05) is 18.0 Å². The summed E-state index contributed by atoms with van der Waals surface area (Å²) in [5, 5.41) is 0. The highest BCUT2D eigenvalue weighted by atomic mass is 16.1. The molecule has 4 nitrogen and oxygen atoms in total. The molecule has 2 heterocycles. The maximum absolute atomic E-state index is 10.8. The second kappa shape index (κ2) is 3.82. The molecule has 0 atom stereocenters. The molecule has 1 saturated heterocycles. The maximum atomic E-state index is 10.8. The fourth-order valence-electron chi connectivity index (χ4n) is 1.77. The Balaban J connectivity index is 2.08. The maximum Gasteiger partial charge on any atom is 0.345 e. The Morgan fingerprint density at radius 3 is 2.79 bits per heavy atom. The molecule has 1 aliphatic heterocycles. The molecule has 4 heteroatoms. The summed E-state index contributed by atoms with van der Waals surface area (Å²) in [6.07, 6.45) is 5.83. The Labute approximate surface area is 83.0 Å². The van der Waals surface area contributed by atoms with Gasteiger partial charge in [-0.1, -0.05) is 6.92 Å². The fraction of sp³-hybridized carbons (Fsp3) is 0.600. The summed E-state index contributed by atoms with van der Waals surface area (Å²) in [4.78, 5) is 19.4. The van der Waals surface area contributed by atoms with Crippen molar-refractivity contribution in [1.29, 1.82) is 0 Å². The normalized spacial score (nSPS) is 18.5. The van der Waals surface area contributed by atoms with E-state index in [-0.39, 0.29) is 5.69 Å².